The molecule has 0 aromatic heterocycles. The summed E-state index contributed by atoms with van der Waals surface area (Å²) in [5.41, 5.74) is 2.71. The lowest BCUT2D eigenvalue weighted by atomic mass is 10.0. The number of hydrogen-bond acceptors (Lipinski definition) is 3. The average molecular weight is 262 g/mol. The molecule has 1 N–H and O–H groups in total. The molecular formula is C16H26N2O. The Labute approximate surface area is 116 Å². The Hall–Kier alpha value is -1.06. The van der Waals surface area contributed by atoms with Crippen LogP contribution in [0.3, 0.4) is 0 Å². The highest BCUT2D eigenvalue weighted by molar-refractivity contribution is 5.39. The lowest BCUT2D eigenvalue weighted by molar-refractivity contribution is 0.224. The summed E-state index contributed by atoms with van der Waals surface area (Å²) in [4.78, 5) is 2.30. The van der Waals surface area contributed by atoms with Crippen LogP contribution < -0.4 is 10.1 Å². The van der Waals surface area contributed by atoms with E-state index in [1.54, 1.807) is 0 Å². The molecule has 0 aliphatic carbocycles. The molecule has 0 bridgehead atoms. The summed E-state index contributed by atoms with van der Waals surface area (Å²) in [7, 11) is 4.30. The van der Waals surface area contributed by atoms with E-state index in [-0.39, 0.29) is 0 Å². The van der Waals surface area contributed by atoms with Crippen molar-refractivity contribution in [3.8, 4) is 5.75 Å². The fourth-order valence-electron chi connectivity index (χ4n) is 2.73. The van der Waals surface area contributed by atoms with Crippen molar-refractivity contribution >= 4 is 0 Å². The van der Waals surface area contributed by atoms with Crippen LogP contribution in [0.1, 0.15) is 25.0 Å². The van der Waals surface area contributed by atoms with Gasteiger partial charge in [0.2, 0.25) is 0 Å². The second-order valence-corrected chi connectivity index (χ2v) is 5.95. The normalized spacial score (nSPS) is 15.7. The third-order valence-electron chi connectivity index (χ3n) is 3.87. The van der Waals surface area contributed by atoms with Gasteiger partial charge >= 0.3 is 0 Å². The molecule has 0 radical (unpaired) electrons. The number of nitrogens with zero attached hydrogens (tertiary/aromatic N) is 1. The number of ether oxygens (including phenoxy) is 1. The number of likely N-dealkylation sites (N-methyl/N-ethyl adjacent to an activating group) is 1. The minimum Gasteiger partial charge on any atom is -0.493 e. The fourth-order valence-corrected chi connectivity index (χ4v) is 2.73. The second-order valence-electron chi connectivity index (χ2n) is 5.95. The lowest BCUT2D eigenvalue weighted by Gasteiger charge is -2.28. The van der Waals surface area contributed by atoms with Crippen LogP contribution in [0.2, 0.25) is 0 Å². The number of hydrogen-bond donors (Lipinski definition) is 1. The van der Waals surface area contributed by atoms with Crippen molar-refractivity contribution in [1.82, 2.24) is 10.2 Å². The van der Waals surface area contributed by atoms with E-state index < -0.39 is 0 Å². The summed E-state index contributed by atoms with van der Waals surface area (Å²) in [5, 5.41) is 3.57. The van der Waals surface area contributed by atoms with Crippen LogP contribution in [0.4, 0.5) is 0 Å². The number of fused-ring (bicyclic) bond motifs is 1. The minimum absolute atomic E-state index is 0.581. The van der Waals surface area contributed by atoms with Gasteiger partial charge in [-0.3, -0.25) is 0 Å². The molecule has 0 saturated carbocycles. The van der Waals surface area contributed by atoms with Crippen molar-refractivity contribution in [2.75, 3.05) is 27.2 Å². The molecule has 1 aromatic carbocycles. The molecule has 3 heteroatoms. The molecule has 2 rings (SSSR count). The van der Waals surface area contributed by atoms with Crippen molar-refractivity contribution in [2.45, 2.75) is 32.9 Å². The molecule has 1 aliphatic heterocycles. The van der Waals surface area contributed by atoms with Crippen LogP contribution in [0.5, 0.6) is 5.75 Å². The topological polar surface area (TPSA) is 24.5 Å². The van der Waals surface area contributed by atoms with E-state index in [0.717, 1.165) is 31.9 Å². The average Bonchev–Trinajstić information content (AvgIpc) is 2.80. The number of benzene rings is 1. The first-order chi connectivity index (χ1) is 9.08. The van der Waals surface area contributed by atoms with E-state index in [1.165, 1.54) is 11.1 Å². The summed E-state index contributed by atoms with van der Waals surface area (Å²) >= 11 is 0. The maximum atomic E-state index is 5.53. The van der Waals surface area contributed by atoms with E-state index in [2.05, 4.69) is 56.4 Å². The van der Waals surface area contributed by atoms with Gasteiger partial charge in [-0.15, -0.1) is 0 Å². The summed E-state index contributed by atoms with van der Waals surface area (Å²) in [6.07, 6.45) is 1.05. The zero-order chi connectivity index (χ0) is 13.8. The molecule has 19 heavy (non-hydrogen) atoms. The maximum absolute atomic E-state index is 5.53. The van der Waals surface area contributed by atoms with E-state index in [1.807, 2.05) is 0 Å². The Kier molecular flexibility index (Phi) is 4.83. The Morgan fingerprint density at radius 1 is 1.32 bits per heavy atom. The summed E-state index contributed by atoms with van der Waals surface area (Å²) < 4.78 is 5.53. The third kappa shape index (κ3) is 3.71. The molecule has 1 aromatic rings. The smallest absolute Gasteiger partial charge is 0.122 e. The fraction of sp³-hybridized carbons (Fsp3) is 0.625. The predicted molar refractivity (Wildman–Crippen MR) is 79.7 cm³/mol. The Balaban J connectivity index is 1.85. The van der Waals surface area contributed by atoms with Crippen LogP contribution in [-0.4, -0.2) is 38.2 Å². The Bertz CT molecular complexity index is 407. The Morgan fingerprint density at radius 3 is 2.79 bits per heavy atom. The quantitative estimate of drug-likeness (QED) is 0.851. The maximum Gasteiger partial charge on any atom is 0.122 e. The van der Waals surface area contributed by atoms with Crippen LogP contribution >= 0.6 is 0 Å². The molecule has 0 saturated heterocycles. The first-order valence-corrected chi connectivity index (χ1v) is 7.19. The molecule has 106 valence electrons. The minimum atomic E-state index is 0.581. The standard InChI is InChI=1S/C16H26N2O/c1-12(2)15(18(3)4)11-17-10-13-5-6-16-14(9-13)7-8-19-16/h5-6,9,12,15,17H,7-8,10-11H2,1-4H3. The van der Waals surface area contributed by atoms with Crippen molar-refractivity contribution in [2.24, 2.45) is 5.92 Å². The van der Waals surface area contributed by atoms with Gasteiger partial charge in [0.1, 0.15) is 5.75 Å². The van der Waals surface area contributed by atoms with Gasteiger partial charge < -0.3 is 15.0 Å². The molecule has 1 heterocycles. The SMILES string of the molecule is CC(C)C(CNCc1ccc2c(c1)CCO2)N(C)C. The van der Waals surface area contributed by atoms with Gasteiger partial charge in [-0.2, -0.15) is 0 Å². The second kappa shape index (κ2) is 6.40. The predicted octanol–water partition coefficient (Wildman–Crippen LogP) is 2.30. The van der Waals surface area contributed by atoms with Crippen molar-refractivity contribution in [3.63, 3.8) is 0 Å². The largest absolute Gasteiger partial charge is 0.493 e. The molecule has 1 unspecified atom stereocenters. The highest BCUT2D eigenvalue weighted by atomic mass is 16.5. The van der Waals surface area contributed by atoms with E-state index in [4.69, 9.17) is 4.74 Å². The van der Waals surface area contributed by atoms with E-state index >= 15 is 0 Å². The highest BCUT2D eigenvalue weighted by Gasteiger charge is 2.15. The van der Waals surface area contributed by atoms with E-state index in [9.17, 15) is 0 Å². The van der Waals surface area contributed by atoms with Gasteiger partial charge in [-0.25, -0.2) is 0 Å². The van der Waals surface area contributed by atoms with Gasteiger partial charge in [0, 0.05) is 25.6 Å². The van der Waals surface area contributed by atoms with Gasteiger partial charge in [0.25, 0.3) is 0 Å². The first-order valence-electron chi connectivity index (χ1n) is 7.19. The van der Waals surface area contributed by atoms with E-state index in [0.29, 0.717) is 12.0 Å². The van der Waals surface area contributed by atoms with Crippen LogP contribution in [0.25, 0.3) is 0 Å². The lowest BCUT2D eigenvalue weighted by Crippen LogP contribution is -2.41. The molecule has 0 amide bonds. The highest BCUT2D eigenvalue weighted by Crippen LogP contribution is 2.25. The van der Waals surface area contributed by atoms with Gasteiger partial charge in [-0.05, 0) is 37.2 Å². The molecular weight excluding hydrogens is 236 g/mol. The number of nitrogens with one attached hydrogen (secondary N) is 1. The molecule has 1 atom stereocenters. The van der Waals surface area contributed by atoms with Crippen LogP contribution in [0.15, 0.2) is 18.2 Å². The van der Waals surface area contributed by atoms with Gasteiger partial charge in [0.15, 0.2) is 0 Å². The van der Waals surface area contributed by atoms with Gasteiger partial charge in [-0.1, -0.05) is 26.0 Å². The summed E-state index contributed by atoms with van der Waals surface area (Å²) in [6, 6.07) is 7.12. The first kappa shape index (κ1) is 14.4. The Morgan fingerprint density at radius 2 is 2.11 bits per heavy atom. The summed E-state index contributed by atoms with van der Waals surface area (Å²) in [6.45, 7) is 7.35. The van der Waals surface area contributed by atoms with Crippen molar-refractivity contribution in [1.29, 1.82) is 0 Å². The zero-order valence-corrected chi connectivity index (χ0v) is 12.6. The van der Waals surface area contributed by atoms with Crippen LogP contribution in [0, 0.1) is 5.92 Å². The van der Waals surface area contributed by atoms with Crippen molar-refractivity contribution < 1.29 is 4.74 Å². The zero-order valence-electron chi connectivity index (χ0n) is 12.6. The molecule has 0 fully saturated rings. The molecule has 0 spiro atoms. The third-order valence-corrected chi connectivity index (χ3v) is 3.87. The van der Waals surface area contributed by atoms with Crippen LogP contribution in [-0.2, 0) is 13.0 Å². The molecule has 3 nitrogen and oxygen atoms in total. The monoisotopic (exact) mass is 262 g/mol. The number of rotatable bonds is 6. The van der Waals surface area contributed by atoms with Gasteiger partial charge in [0.05, 0.1) is 6.61 Å². The van der Waals surface area contributed by atoms with Crippen molar-refractivity contribution in [3.05, 3.63) is 29.3 Å². The molecule has 1 aliphatic rings. The summed E-state index contributed by atoms with van der Waals surface area (Å²) in [5.74, 6) is 1.73.